The van der Waals surface area contributed by atoms with Crippen LogP contribution in [-0.4, -0.2) is 12.1 Å². The van der Waals surface area contributed by atoms with Gasteiger partial charge in [-0.3, -0.25) is 0 Å². The minimum absolute atomic E-state index is 0.142. The molecule has 1 rings (SSSR count). The Morgan fingerprint density at radius 1 is 1.18 bits per heavy atom. The number of urea groups is 1. The molecule has 17 heavy (non-hydrogen) atoms. The van der Waals surface area contributed by atoms with Crippen molar-refractivity contribution in [3.05, 3.63) is 29.8 Å². The quantitative estimate of drug-likeness (QED) is 0.818. The second kappa shape index (κ2) is 6.28. The molecule has 0 heterocycles. The summed E-state index contributed by atoms with van der Waals surface area (Å²) in [5.74, 6) is 0.512. The van der Waals surface area contributed by atoms with E-state index in [4.69, 9.17) is 0 Å². The van der Waals surface area contributed by atoms with Crippen molar-refractivity contribution in [3.8, 4) is 0 Å². The van der Waals surface area contributed by atoms with Crippen LogP contribution in [0, 0.1) is 0 Å². The molecule has 0 aliphatic carbocycles. The minimum Gasteiger partial charge on any atom is -0.335 e. The van der Waals surface area contributed by atoms with Gasteiger partial charge in [-0.05, 0) is 37.0 Å². The van der Waals surface area contributed by atoms with E-state index in [-0.39, 0.29) is 12.1 Å². The van der Waals surface area contributed by atoms with Gasteiger partial charge in [-0.15, -0.1) is 0 Å². The average Bonchev–Trinajstić information content (AvgIpc) is 2.29. The van der Waals surface area contributed by atoms with Gasteiger partial charge < -0.3 is 10.6 Å². The molecule has 0 saturated heterocycles. The van der Waals surface area contributed by atoms with Gasteiger partial charge >= 0.3 is 6.03 Å². The molecular weight excluding hydrogens is 212 g/mol. The van der Waals surface area contributed by atoms with E-state index in [1.54, 1.807) is 0 Å². The van der Waals surface area contributed by atoms with Gasteiger partial charge in [0.2, 0.25) is 0 Å². The lowest BCUT2D eigenvalue weighted by Gasteiger charge is -2.13. The van der Waals surface area contributed by atoms with Crippen LogP contribution in [0.3, 0.4) is 0 Å². The molecule has 0 bridgehead atoms. The number of nitrogens with one attached hydrogen (secondary N) is 2. The summed E-state index contributed by atoms with van der Waals surface area (Å²) in [7, 11) is 0. The van der Waals surface area contributed by atoms with Crippen molar-refractivity contribution in [2.45, 2.75) is 46.1 Å². The van der Waals surface area contributed by atoms with Crippen molar-refractivity contribution in [1.29, 1.82) is 0 Å². The molecule has 1 unspecified atom stereocenters. The highest BCUT2D eigenvalue weighted by molar-refractivity contribution is 5.89. The Kier molecular flexibility index (Phi) is 5.01. The van der Waals surface area contributed by atoms with Crippen LogP contribution in [0.1, 0.15) is 45.6 Å². The van der Waals surface area contributed by atoms with E-state index >= 15 is 0 Å². The Balaban J connectivity index is 2.54. The third-order valence-electron chi connectivity index (χ3n) is 2.83. The van der Waals surface area contributed by atoms with E-state index in [1.165, 1.54) is 5.56 Å². The van der Waals surface area contributed by atoms with Crippen molar-refractivity contribution in [3.63, 3.8) is 0 Å². The van der Waals surface area contributed by atoms with Crippen molar-refractivity contribution < 1.29 is 4.79 Å². The summed E-state index contributed by atoms with van der Waals surface area (Å²) < 4.78 is 0. The van der Waals surface area contributed by atoms with Crippen LogP contribution < -0.4 is 10.6 Å². The van der Waals surface area contributed by atoms with Gasteiger partial charge in [0.1, 0.15) is 0 Å². The number of amides is 2. The molecule has 1 atom stereocenters. The first kappa shape index (κ1) is 13.6. The minimum atomic E-state index is -0.142. The summed E-state index contributed by atoms with van der Waals surface area (Å²) >= 11 is 0. The van der Waals surface area contributed by atoms with Crippen LogP contribution in [0.25, 0.3) is 0 Å². The number of carbonyl (C=O) groups excluding carboxylic acids is 1. The normalized spacial score (nSPS) is 12.3. The first-order valence-electron chi connectivity index (χ1n) is 6.20. The monoisotopic (exact) mass is 234 g/mol. The molecule has 0 radical (unpaired) electrons. The maximum absolute atomic E-state index is 11.6. The maximum Gasteiger partial charge on any atom is 0.319 e. The van der Waals surface area contributed by atoms with Gasteiger partial charge in [-0.25, -0.2) is 4.79 Å². The lowest BCUT2D eigenvalue weighted by Crippen LogP contribution is -2.35. The first-order valence-corrected chi connectivity index (χ1v) is 6.20. The van der Waals surface area contributed by atoms with Gasteiger partial charge in [0.05, 0.1) is 0 Å². The Hall–Kier alpha value is -1.51. The van der Waals surface area contributed by atoms with Crippen LogP contribution in [0.2, 0.25) is 0 Å². The smallest absolute Gasteiger partial charge is 0.319 e. The molecule has 94 valence electrons. The molecule has 1 aromatic rings. The Morgan fingerprint density at radius 3 is 2.24 bits per heavy atom. The number of carbonyl (C=O) groups is 1. The molecule has 2 N–H and O–H groups in total. The van der Waals surface area contributed by atoms with E-state index in [0.717, 1.165) is 12.1 Å². The zero-order chi connectivity index (χ0) is 12.8. The second-order valence-electron chi connectivity index (χ2n) is 4.68. The molecule has 0 aliphatic heterocycles. The third-order valence-corrected chi connectivity index (χ3v) is 2.83. The largest absolute Gasteiger partial charge is 0.335 e. The standard InChI is InChI=1S/C14H22N2O/c1-5-11(4)15-14(17)16-13-8-6-12(7-9-13)10(2)3/h6-11H,5H2,1-4H3,(H2,15,16,17). The fourth-order valence-corrected chi connectivity index (χ4v) is 1.44. The van der Waals surface area contributed by atoms with E-state index < -0.39 is 0 Å². The van der Waals surface area contributed by atoms with Crippen molar-refractivity contribution in [1.82, 2.24) is 5.32 Å². The second-order valence-corrected chi connectivity index (χ2v) is 4.68. The predicted molar refractivity (Wildman–Crippen MR) is 72.4 cm³/mol. The number of benzene rings is 1. The third kappa shape index (κ3) is 4.47. The van der Waals surface area contributed by atoms with Crippen LogP contribution in [0.15, 0.2) is 24.3 Å². The highest BCUT2D eigenvalue weighted by atomic mass is 16.2. The Labute approximate surface area is 104 Å². The molecule has 0 aromatic heterocycles. The van der Waals surface area contributed by atoms with Crippen molar-refractivity contribution >= 4 is 11.7 Å². The molecular formula is C14H22N2O. The zero-order valence-corrected chi connectivity index (χ0v) is 11.1. The summed E-state index contributed by atoms with van der Waals surface area (Å²) in [4.78, 5) is 11.6. The zero-order valence-electron chi connectivity index (χ0n) is 11.1. The van der Waals surface area contributed by atoms with E-state index in [2.05, 4.69) is 24.5 Å². The molecule has 0 fully saturated rings. The lowest BCUT2D eigenvalue weighted by atomic mass is 10.0. The Morgan fingerprint density at radius 2 is 1.76 bits per heavy atom. The van der Waals surface area contributed by atoms with E-state index in [1.807, 2.05) is 38.1 Å². The van der Waals surface area contributed by atoms with Gasteiger partial charge in [-0.1, -0.05) is 32.9 Å². The molecule has 1 aromatic carbocycles. The topological polar surface area (TPSA) is 41.1 Å². The lowest BCUT2D eigenvalue weighted by molar-refractivity contribution is 0.249. The molecule has 0 aliphatic rings. The molecule has 0 saturated carbocycles. The number of anilines is 1. The van der Waals surface area contributed by atoms with Crippen LogP contribution in [0.5, 0.6) is 0 Å². The molecule has 2 amide bonds. The van der Waals surface area contributed by atoms with Crippen LogP contribution in [0.4, 0.5) is 10.5 Å². The highest BCUT2D eigenvalue weighted by Crippen LogP contribution is 2.16. The molecule has 3 heteroatoms. The molecule has 0 spiro atoms. The summed E-state index contributed by atoms with van der Waals surface area (Å²) in [5.41, 5.74) is 2.10. The molecule has 3 nitrogen and oxygen atoms in total. The SMILES string of the molecule is CCC(C)NC(=O)Nc1ccc(C(C)C)cc1. The summed E-state index contributed by atoms with van der Waals surface area (Å²) in [5, 5.41) is 5.69. The maximum atomic E-state index is 11.6. The number of hydrogen-bond acceptors (Lipinski definition) is 1. The van der Waals surface area contributed by atoms with Crippen LogP contribution >= 0.6 is 0 Å². The van der Waals surface area contributed by atoms with E-state index in [0.29, 0.717) is 5.92 Å². The fourth-order valence-electron chi connectivity index (χ4n) is 1.44. The number of hydrogen-bond donors (Lipinski definition) is 2. The number of rotatable bonds is 4. The van der Waals surface area contributed by atoms with Gasteiger partial charge in [0.15, 0.2) is 0 Å². The Bertz CT molecular complexity index is 357. The summed E-state index contributed by atoms with van der Waals surface area (Å²) in [6, 6.07) is 8.02. The predicted octanol–water partition coefficient (Wildman–Crippen LogP) is 3.73. The van der Waals surface area contributed by atoms with Crippen LogP contribution in [-0.2, 0) is 0 Å². The summed E-state index contributed by atoms with van der Waals surface area (Å²) in [6.45, 7) is 8.33. The van der Waals surface area contributed by atoms with Crippen molar-refractivity contribution in [2.75, 3.05) is 5.32 Å². The van der Waals surface area contributed by atoms with Gasteiger partial charge in [0, 0.05) is 11.7 Å². The van der Waals surface area contributed by atoms with E-state index in [9.17, 15) is 4.79 Å². The first-order chi connectivity index (χ1) is 8.02. The van der Waals surface area contributed by atoms with Gasteiger partial charge in [0.25, 0.3) is 0 Å². The fraction of sp³-hybridized carbons (Fsp3) is 0.500. The average molecular weight is 234 g/mol. The summed E-state index contributed by atoms with van der Waals surface area (Å²) in [6.07, 6.45) is 0.930. The van der Waals surface area contributed by atoms with Crippen molar-refractivity contribution in [2.24, 2.45) is 0 Å². The van der Waals surface area contributed by atoms with Gasteiger partial charge in [-0.2, -0.15) is 0 Å². The highest BCUT2D eigenvalue weighted by Gasteiger charge is 2.05.